The van der Waals surface area contributed by atoms with Crippen LogP contribution in [0.5, 0.6) is 5.75 Å². The Hall–Kier alpha value is -3.28. The van der Waals surface area contributed by atoms with E-state index in [1.165, 1.54) is 4.57 Å². The predicted molar refractivity (Wildman–Crippen MR) is 101 cm³/mol. The van der Waals surface area contributed by atoms with E-state index in [2.05, 4.69) is 10.3 Å². The van der Waals surface area contributed by atoms with Crippen LogP contribution in [0.3, 0.4) is 0 Å². The van der Waals surface area contributed by atoms with Gasteiger partial charge in [0.05, 0.1) is 24.4 Å². The number of nitrogens with zero attached hydrogens (tertiary/aromatic N) is 1. The molecule has 0 atom stereocenters. The molecule has 0 aliphatic carbocycles. The van der Waals surface area contributed by atoms with Crippen molar-refractivity contribution >= 4 is 11.6 Å². The molecular formula is C20H21N3O3. The van der Waals surface area contributed by atoms with Crippen molar-refractivity contribution in [3.05, 3.63) is 76.5 Å². The molecule has 3 rings (SSSR count). The molecule has 0 fully saturated rings. The molecule has 3 aromatic rings. The monoisotopic (exact) mass is 351 g/mol. The van der Waals surface area contributed by atoms with Crippen LogP contribution in [-0.4, -0.2) is 22.1 Å². The van der Waals surface area contributed by atoms with Crippen LogP contribution in [0.25, 0.3) is 5.69 Å². The van der Waals surface area contributed by atoms with Gasteiger partial charge in [0, 0.05) is 11.9 Å². The summed E-state index contributed by atoms with van der Waals surface area (Å²) in [5.41, 5.74) is 2.64. The second-order valence-electron chi connectivity index (χ2n) is 5.89. The first-order valence-electron chi connectivity index (χ1n) is 8.46. The fourth-order valence-corrected chi connectivity index (χ4v) is 2.78. The first kappa shape index (κ1) is 17.5. The maximum atomic E-state index is 12.4. The molecule has 6 nitrogen and oxygen atoms in total. The molecule has 6 heteroatoms. The Balaban J connectivity index is 1.77. The first-order valence-corrected chi connectivity index (χ1v) is 8.46. The molecule has 1 amide bonds. The van der Waals surface area contributed by atoms with E-state index in [-0.39, 0.29) is 18.0 Å². The summed E-state index contributed by atoms with van der Waals surface area (Å²) in [6, 6.07) is 14.7. The van der Waals surface area contributed by atoms with Crippen LogP contribution in [0.2, 0.25) is 0 Å². The number of carbonyl (C=O) groups is 1. The number of benzene rings is 2. The summed E-state index contributed by atoms with van der Waals surface area (Å²) in [5.74, 6) is 0.632. The van der Waals surface area contributed by atoms with E-state index in [1.54, 1.807) is 18.3 Å². The van der Waals surface area contributed by atoms with Crippen molar-refractivity contribution in [2.24, 2.45) is 0 Å². The standard InChI is InChI=1S/C20H21N3O3/c1-3-26-16-10-8-15(9-11-16)12-19(24)22-17-6-4-5-7-18(17)23-14(2)13-21-20(23)25/h4-11,13H,3,12H2,1-2H3,(H,21,25)(H,22,24). The number of hydrogen-bond donors (Lipinski definition) is 2. The van der Waals surface area contributed by atoms with E-state index >= 15 is 0 Å². The Morgan fingerprint density at radius 3 is 2.54 bits per heavy atom. The van der Waals surface area contributed by atoms with Gasteiger partial charge in [-0.05, 0) is 43.7 Å². The second-order valence-corrected chi connectivity index (χ2v) is 5.89. The molecule has 1 aromatic heterocycles. The zero-order valence-corrected chi connectivity index (χ0v) is 14.8. The van der Waals surface area contributed by atoms with Crippen molar-refractivity contribution in [1.82, 2.24) is 9.55 Å². The van der Waals surface area contributed by atoms with E-state index < -0.39 is 0 Å². The van der Waals surface area contributed by atoms with Crippen molar-refractivity contribution in [2.45, 2.75) is 20.3 Å². The molecule has 1 heterocycles. The minimum atomic E-state index is -0.240. The minimum Gasteiger partial charge on any atom is -0.494 e. The number of rotatable bonds is 6. The molecule has 0 unspecified atom stereocenters. The van der Waals surface area contributed by atoms with Crippen LogP contribution >= 0.6 is 0 Å². The lowest BCUT2D eigenvalue weighted by Gasteiger charge is -2.12. The van der Waals surface area contributed by atoms with Crippen molar-refractivity contribution < 1.29 is 9.53 Å². The van der Waals surface area contributed by atoms with Gasteiger partial charge in [0.15, 0.2) is 0 Å². The van der Waals surface area contributed by atoms with Gasteiger partial charge in [0.25, 0.3) is 0 Å². The number of aromatic nitrogens is 2. The maximum absolute atomic E-state index is 12.4. The summed E-state index contributed by atoms with van der Waals surface area (Å²) in [7, 11) is 0. The number of hydrogen-bond acceptors (Lipinski definition) is 3. The number of imidazole rings is 1. The quantitative estimate of drug-likeness (QED) is 0.717. The van der Waals surface area contributed by atoms with Gasteiger partial charge in [-0.3, -0.25) is 9.36 Å². The lowest BCUT2D eigenvalue weighted by molar-refractivity contribution is -0.115. The van der Waals surface area contributed by atoms with Gasteiger partial charge in [0.1, 0.15) is 5.75 Å². The number of H-pyrrole nitrogens is 1. The van der Waals surface area contributed by atoms with Gasteiger partial charge in [-0.15, -0.1) is 0 Å². The van der Waals surface area contributed by atoms with E-state index in [4.69, 9.17) is 4.74 Å². The SMILES string of the molecule is CCOc1ccc(CC(=O)Nc2ccccc2-n2c(C)c[nH]c2=O)cc1. The van der Waals surface area contributed by atoms with E-state index in [9.17, 15) is 9.59 Å². The van der Waals surface area contributed by atoms with Crippen molar-refractivity contribution in [3.63, 3.8) is 0 Å². The zero-order valence-electron chi connectivity index (χ0n) is 14.8. The number of aryl methyl sites for hydroxylation is 1. The van der Waals surface area contributed by atoms with E-state index in [0.29, 0.717) is 18.0 Å². The normalized spacial score (nSPS) is 10.5. The third-order valence-corrected chi connectivity index (χ3v) is 3.98. The van der Waals surface area contributed by atoms with Crippen LogP contribution < -0.4 is 15.7 Å². The van der Waals surface area contributed by atoms with Crippen LogP contribution in [0, 0.1) is 6.92 Å². The van der Waals surface area contributed by atoms with Crippen molar-refractivity contribution in [3.8, 4) is 11.4 Å². The van der Waals surface area contributed by atoms with Gasteiger partial charge in [-0.25, -0.2) is 4.79 Å². The summed E-state index contributed by atoms with van der Waals surface area (Å²) in [6.07, 6.45) is 1.88. The Bertz CT molecular complexity index is 955. The van der Waals surface area contributed by atoms with Gasteiger partial charge in [-0.2, -0.15) is 0 Å². The summed E-state index contributed by atoms with van der Waals surface area (Å²) in [6.45, 7) is 4.36. The van der Waals surface area contributed by atoms with Crippen LogP contribution in [0.4, 0.5) is 5.69 Å². The molecule has 2 N–H and O–H groups in total. The fraction of sp³-hybridized carbons (Fsp3) is 0.200. The molecule has 0 saturated heterocycles. The Morgan fingerprint density at radius 1 is 1.15 bits per heavy atom. The maximum Gasteiger partial charge on any atom is 0.330 e. The van der Waals surface area contributed by atoms with Crippen molar-refractivity contribution in [1.29, 1.82) is 0 Å². The fourth-order valence-electron chi connectivity index (χ4n) is 2.78. The molecule has 0 aliphatic rings. The van der Waals surface area contributed by atoms with Crippen LogP contribution in [-0.2, 0) is 11.2 Å². The second kappa shape index (κ2) is 7.74. The van der Waals surface area contributed by atoms with Crippen LogP contribution in [0.1, 0.15) is 18.2 Å². The summed E-state index contributed by atoms with van der Waals surface area (Å²) >= 11 is 0. The molecule has 0 radical (unpaired) electrons. The first-order chi connectivity index (χ1) is 12.6. The van der Waals surface area contributed by atoms with E-state index in [1.807, 2.05) is 50.2 Å². The predicted octanol–water partition coefficient (Wildman–Crippen LogP) is 3.05. The number of aromatic amines is 1. The van der Waals surface area contributed by atoms with Gasteiger partial charge < -0.3 is 15.0 Å². The molecule has 2 aromatic carbocycles. The molecule has 134 valence electrons. The Labute approximate surface area is 151 Å². The third kappa shape index (κ3) is 3.85. The highest BCUT2D eigenvalue weighted by Gasteiger charge is 2.12. The lowest BCUT2D eigenvalue weighted by atomic mass is 10.1. The average molecular weight is 351 g/mol. The molecule has 26 heavy (non-hydrogen) atoms. The molecule has 0 bridgehead atoms. The largest absolute Gasteiger partial charge is 0.494 e. The lowest BCUT2D eigenvalue weighted by Crippen LogP contribution is -2.20. The Kier molecular flexibility index (Phi) is 5.22. The van der Waals surface area contributed by atoms with Gasteiger partial charge in [-0.1, -0.05) is 24.3 Å². The molecule has 0 spiro atoms. The topological polar surface area (TPSA) is 76.1 Å². The molecule has 0 saturated carbocycles. The highest BCUT2D eigenvalue weighted by molar-refractivity contribution is 5.94. The summed E-state index contributed by atoms with van der Waals surface area (Å²) < 4.78 is 6.94. The molecular weight excluding hydrogens is 330 g/mol. The van der Waals surface area contributed by atoms with E-state index in [0.717, 1.165) is 17.0 Å². The third-order valence-electron chi connectivity index (χ3n) is 3.98. The highest BCUT2D eigenvalue weighted by Crippen LogP contribution is 2.20. The summed E-state index contributed by atoms with van der Waals surface area (Å²) in [4.78, 5) is 27.1. The number of ether oxygens (including phenoxy) is 1. The smallest absolute Gasteiger partial charge is 0.330 e. The van der Waals surface area contributed by atoms with Crippen LogP contribution in [0.15, 0.2) is 59.5 Å². The number of anilines is 1. The average Bonchev–Trinajstić information content (AvgIpc) is 2.96. The van der Waals surface area contributed by atoms with Crippen molar-refractivity contribution in [2.75, 3.05) is 11.9 Å². The number of amides is 1. The minimum absolute atomic E-state index is 0.150. The number of nitrogens with one attached hydrogen (secondary N) is 2. The molecule has 0 aliphatic heterocycles. The number of para-hydroxylation sites is 2. The highest BCUT2D eigenvalue weighted by atomic mass is 16.5. The Morgan fingerprint density at radius 2 is 1.88 bits per heavy atom. The zero-order chi connectivity index (χ0) is 18.5. The number of carbonyl (C=O) groups excluding carboxylic acids is 1. The van der Waals surface area contributed by atoms with Gasteiger partial charge >= 0.3 is 5.69 Å². The van der Waals surface area contributed by atoms with Gasteiger partial charge in [0.2, 0.25) is 5.91 Å². The summed E-state index contributed by atoms with van der Waals surface area (Å²) in [5, 5.41) is 2.90.